The Morgan fingerprint density at radius 2 is 1.79 bits per heavy atom. The fourth-order valence-corrected chi connectivity index (χ4v) is 3.18. The van der Waals surface area contributed by atoms with Crippen molar-refractivity contribution < 1.29 is 24.1 Å². The minimum atomic E-state index is -1.27. The number of unbranched alkanes of at least 4 members (excludes halogenated alkanes) is 2. The van der Waals surface area contributed by atoms with Crippen LogP contribution in [0.15, 0.2) is 42.5 Å². The molecule has 1 aromatic heterocycles. The topological polar surface area (TPSA) is 80.7 Å². The van der Waals surface area contributed by atoms with Crippen LogP contribution < -0.4 is 19.3 Å². The largest absolute Gasteiger partial charge is 0.545 e. The molecule has 0 N–H and O–H groups in total. The number of aromatic nitrogens is 1. The number of hydrogen-bond acceptors (Lipinski definition) is 6. The molecule has 3 rings (SSSR count). The van der Waals surface area contributed by atoms with Crippen molar-refractivity contribution in [3.05, 3.63) is 48.0 Å². The van der Waals surface area contributed by atoms with Crippen LogP contribution in [0.5, 0.6) is 17.2 Å². The summed E-state index contributed by atoms with van der Waals surface area (Å²) >= 11 is 0. The van der Waals surface area contributed by atoms with Gasteiger partial charge in [-0.3, -0.25) is 0 Å². The molecular formula is C23H24NO5-. The lowest BCUT2D eigenvalue weighted by atomic mass is 10.0. The number of para-hydroxylation sites is 1. The van der Waals surface area contributed by atoms with Crippen LogP contribution in [0.3, 0.4) is 0 Å². The lowest BCUT2D eigenvalue weighted by Crippen LogP contribution is -2.22. The number of fused-ring (bicyclic) bond motifs is 1. The second-order valence-electron chi connectivity index (χ2n) is 6.62. The van der Waals surface area contributed by atoms with Crippen LogP contribution in [0.4, 0.5) is 0 Å². The summed E-state index contributed by atoms with van der Waals surface area (Å²) in [5, 5.41) is 12.2. The number of hydrogen-bond donors (Lipinski definition) is 0. The molecule has 0 fully saturated rings. The fraction of sp³-hybridized carbons (Fsp3) is 0.304. The molecule has 3 aromatic rings. The number of carbonyl (C=O) groups is 1. The van der Waals surface area contributed by atoms with Gasteiger partial charge in [-0.15, -0.1) is 0 Å². The van der Waals surface area contributed by atoms with E-state index in [1.54, 1.807) is 31.4 Å². The Kier molecular flexibility index (Phi) is 6.54. The third-order valence-electron chi connectivity index (χ3n) is 4.71. The first-order valence-electron chi connectivity index (χ1n) is 9.59. The van der Waals surface area contributed by atoms with Gasteiger partial charge in [-0.05, 0) is 36.8 Å². The summed E-state index contributed by atoms with van der Waals surface area (Å²) in [7, 11) is 3.09. The number of rotatable bonds is 9. The molecule has 0 radical (unpaired) electrons. The summed E-state index contributed by atoms with van der Waals surface area (Å²) in [6, 6.07) is 12.1. The van der Waals surface area contributed by atoms with E-state index in [2.05, 4.69) is 11.9 Å². The summed E-state index contributed by atoms with van der Waals surface area (Å²) in [5.41, 5.74) is 1.71. The molecule has 0 aliphatic heterocycles. The summed E-state index contributed by atoms with van der Waals surface area (Å²) < 4.78 is 16.6. The first-order valence-corrected chi connectivity index (χ1v) is 9.59. The Bertz CT molecular complexity index is 1020. The highest BCUT2D eigenvalue weighted by Crippen LogP contribution is 2.35. The molecular weight excluding hydrogens is 370 g/mol. The Morgan fingerprint density at radius 1 is 1.00 bits per heavy atom. The molecule has 2 aromatic carbocycles. The molecule has 0 aliphatic rings. The van der Waals surface area contributed by atoms with Gasteiger partial charge in [-0.1, -0.05) is 31.9 Å². The van der Waals surface area contributed by atoms with Gasteiger partial charge in [-0.2, -0.15) is 0 Å². The minimum absolute atomic E-state index is 0.0581. The predicted molar refractivity (Wildman–Crippen MR) is 110 cm³/mol. The summed E-state index contributed by atoms with van der Waals surface area (Å²) in [5.74, 6) is 0.436. The molecule has 6 nitrogen and oxygen atoms in total. The maximum Gasteiger partial charge on any atom is 0.161 e. The van der Waals surface area contributed by atoms with Crippen molar-refractivity contribution in [1.29, 1.82) is 0 Å². The Labute approximate surface area is 170 Å². The molecule has 0 saturated heterocycles. The molecule has 0 amide bonds. The molecule has 0 bridgehead atoms. The Morgan fingerprint density at radius 3 is 2.48 bits per heavy atom. The Balaban J connectivity index is 2.04. The number of carbonyl (C=O) groups excluding carboxylic acids is 1. The number of methoxy groups -OCH3 is 2. The maximum absolute atomic E-state index is 11.7. The zero-order chi connectivity index (χ0) is 20.8. The van der Waals surface area contributed by atoms with Crippen LogP contribution >= 0.6 is 0 Å². The van der Waals surface area contributed by atoms with Gasteiger partial charge >= 0.3 is 0 Å². The maximum atomic E-state index is 11.7. The average Bonchev–Trinajstić information content (AvgIpc) is 2.75. The number of nitrogens with zero attached hydrogens (tertiary/aromatic N) is 1. The predicted octanol–water partition coefficient (Wildman–Crippen LogP) is 3.85. The summed E-state index contributed by atoms with van der Waals surface area (Å²) in [4.78, 5) is 16.4. The first kappa shape index (κ1) is 20.5. The Hall–Kier alpha value is -3.28. The molecule has 1 heterocycles. The number of benzene rings is 2. The smallest absolute Gasteiger partial charge is 0.161 e. The van der Waals surface area contributed by atoms with E-state index in [9.17, 15) is 9.90 Å². The van der Waals surface area contributed by atoms with Crippen molar-refractivity contribution in [2.45, 2.75) is 26.2 Å². The number of aromatic carboxylic acids is 1. The number of carboxylic acid groups (broad SMARTS) is 1. The van der Waals surface area contributed by atoms with Crippen molar-refractivity contribution in [2.24, 2.45) is 0 Å². The molecule has 0 saturated carbocycles. The molecule has 0 spiro atoms. The quantitative estimate of drug-likeness (QED) is 0.513. The zero-order valence-electron chi connectivity index (χ0n) is 16.9. The SMILES string of the molecule is CCCCCOc1ccc(-c2cc(C(=O)[O-])c3cccc(OC)c3n2)cc1OC. The number of ether oxygens (including phenoxy) is 3. The molecule has 152 valence electrons. The van der Waals surface area contributed by atoms with Crippen LogP contribution in [0.2, 0.25) is 0 Å². The van der Waals surface area contributed by atoms with Crippen LogP contribution in [-0.4, -0.2) is 31.8 Å². The third kappa shape index (κ3) is 4.42. The van der Waals surface area contributed by atoms with E-state index < -0.39 is 5.97 Å². The number of pyridine rings is 1. The second kappa shape index (κ2) is 9.28. The van der Waals surface area contributed by atoms with Gasteiger partial charge in [0.1, 0.15) is 11.3 Å². The van der Waals surface area contributed by atoms with Crippen LogP contribution in [0.1, 0.15) is 36.5 Å². The monoisotopic (exact) mass is 394 g/mol. The van der Waals surface area contributed by atoms with Gasteiger partial charge in [0, 0.05) is 16.5 Å². The van der Waals surface area contributed by atoms with E-state index in [4.69, 9.17) is 14.2 Å². The summed E-state index contributed by atoms with van der Waals surface area (Å²) in [6.45, 7) is 2.76. The zero-order valence-corrected chi connectivity index (χ0v) is 16.9. The molecule has 0 aliphatic carbocycles. The fourth-order valence-electron chi connectivity index (χ4n) is 3.18. The van der Waals surface area contributed by atoms with Crippen molar-refractivity contribution in [3.8, 4) is 28.5 Å². The standard InChI is InChI=1S/C23H25NO5/c1-4-5-6-12-29-19-11-10-15(13-21(19)28-3)18-14-17(23(25)26)16-8-7-9-20(27-2)22(16)24-18/h7-11,13-14H,4-6,12H2,1-3H3,(H,25,26)/p-1. The van der Waals surface area contributed by atoms with E-state index in [-0.39, 0.29) is 5.56 Å². The first-order chi connectivity index (χ1) is 14.1. The highest BCUT2D eigenvalue weighted by molar-refractivity contribution is 6.04. The van der Waals surface area contributed by atoms with Gasteiger partial charge in [0.25, 0.3) is 0 Å². The van der Waals surface area contributed by atoms with Crippen molar-refractivity contribution in [2.75, 3.05) is 20.8 Å². The van der Waals surface area contributed by atoms with Gasteiger partial charge in [0.15, 0.2) is 11.5 Å². The third-order valence-corrected chi connectivity index (χ3v) is 4.71. The number of carboxylic acids is 1. The average molecular weight is 394 g/mol. The van der Waals surface area contributed by atoms with Gasteiger partial charge in [0.05, 0.1) is 32.5 Å². The molecule has 6 heteroatoms. The molecule has 29 heavy (non-hydrogen) atoms. The van der Waals surface area contributed by atoms with Gasteiger partial charge < -0.3 is 24.1 Å². The van der Waals surface area contributed by atoms with E-state index in [0.29, 0.717) is 46.0 Å². The van der Waals surface area contributed by atoms with Crippen molar-refractivity contribution in [1.82, 2.24) is 4.98 Å². The minimum Gasteiger partial charge on any atom is -0.545 e. The highest BCUT2D eigenvalue weighted by Gasteiger charge is 2.14. The highest BCUT2D eigenvalue weighted by atomic mass is 16.5. The van der Waals surface area contributed by atoms with E-state index in [1.807, 2.05) is 12.1 Å². The van der Waals surface area contributed by atoms with E-state index in [0.717, 1.165) is 19.3 Å². The van der Waals surface area contributed by atoms with Gasteiger partial charge in [-0.25, -0.2) is 4.98 Å². The van der Waals surface area contributed by atoms with Crippen molar-refractivity contribution in [3.63, 3.8) is 0 Å². The second-order valence-corrected chi connectivity index (χ2v) is 6.62. The van der Waals surface area contributed by atoms with Gasteiger partial charge in [0.2, 0.25) is 0 Å². The van der Waals surface area contributed by atoms with Crippen LogP contribution in [0, 0.1) is 0 Å². The van der Waals surface area contributed by atoms with Crippen LogP contribution in [0.25, 0.3) is 22.2 Å². The van der Waals surface area contributed by atoms with Crippen molar-refractivity contribution >= 4 is 16.9 Å². The summed E-state index contributed by atoms with van der Waals surface area (Å²) in [6.07, 6.45) is 3.20. The molecule has 0 unspecified atom stereocenters. The molecule has 0 atom stereocenters. The lowest BCUT2D eigenvalue weighted by Gasteiger charge is -2.15. The van der Waals surface area contributed by atoms with E-state index >= 15 is 0 Å². The van der Waals surface area contributed by atoms with Crippen LogP contribution in [-0.2, 0) is 0 Å². The van der Waals surface area contributed by atoms with E-state index in [1.165, 1.54) is 13.2 Å². The lowest BCUT2D eigenvalue weighted by molar-refractivity contribution is -0.254. The normalized spacial score (nSPS) is 10.7.